The van der Waals surface area contributed by atoms with Crippen LogP contribution >= 0.6 is 0 Å². The molecule has 0 aliphatic heterocycles. The Bertz CT molecular complexity index is 422. The Hall–Kier alpha value is -2.24. The van der Waals surface area contributed by atoms with Crippen LogP contribution in [0.3, 0.4) is 0 Å². The summed E-state index contributed by atoms with van der Waals surface area (Å²) in [6.45, 7) is 0. The lowest BCUT2D eigenvalue weighted by molar-refractivity contribution is 1.47. The number of hydrogen-bond acceptors (Lipinski definition) is 2. The fourth-order valence-corrected chi connectivity index (χ4v) is 0.785. The summed E-state index contributed by atoms with van der Waals surface area (Å²) in [5.41, 5.74) is 1.10. The molecule has 0 atom stereocenters. The van der Waals surface area contributed by atoms with Crippen molar-refractivity contribution < 1.29 is 0 Å². The molecule has 0 amide bonds. The van der Waals surface area contributed by atoms with Gasteiger partial charge in [-0.1, -0.05) is 12.1 Å². The van der Waals surface area contributed by atoms with E-state index in [0.717, 1.165) is 0 Å². The van der Waals surface area contributed by atoms with Gasteiger partial charge in [-0.3, -0.25) is 0 Å². The van der Waals surface area contributed by atoms with E-state index in [1.807, 2.05) is 6.07 Å². The van der Waals surface area contributed by atoms with Gasteiger partial charge in [-0.05, 0) is 18.1 Å². The lowest BCUT2D eigenvalue weighted by Gasteiger charge is -1.90. The summed E-state index contributed by atoms with van der Waals surface area (Å²) in [5, 5.41) is 16.8. The summed E-state index contributed by atoms with van der Waals surface area (Å²) in [6.07, 6.45) is 0. The van der Waals surface area contributed by atoms with E-state index in [4.69, 9.17) is 10.5 Å². The minimum atomic E-state index is 0.500. The van der Waals surface area contributed by atoms with Gasteiger partial charge in [-0.25, -0.2) is 0 Å². The second kappa shape index (κ2) is 3.81. The molecule has 1 aromatic carbocycles. The molecule has 0 aromatic heterocycles. The highest BCUT2D eigenvalue weighted by molar-refractivity contribution is 5.48. The van der Waals surface area contributed by atoms with Crippen molar-refractivity contribution in [2.45, 2.75) is 0 Å². The van der Waals surface area contributed by atoms with Crippen molar-refractivity contribution in [1.29, 1.82) is 10.5 Å². The van der Waals surface area contributed by atoms with Gasteiger partial charge in [0.25, 0.3) is 0 Å². The van der Waals surface area contributed by atoms with Crippen LogP contribution in [-0.2, 0) is 0 Å². The van der Waals surface area contributed by atoms with Crippen molar-refractivity contribution in [2.75, 3.05) is 0 Å². The van der Waals surface area contributed by atoms with Crippen LogP contribution in [0.4, 0.5) is 0 Å². The third-order valence-electron chi connectivity index (χ3n) is 1.30. The second-order valence-electron chi connectivity index (χ2n) is 2.02. The highest BCUT2D eigenvalue weighted by Crippen LogP contribution is 2.04. The van der Waals surface area contributed by atoms with Crippen LogP contribution in [0.5, 0.6) is 0 Å². The number of rotatable bonds is 0. The molecule has 0 bridgehead atoms. The summed E-state index contributed by atoms with van der Waals surface area (Å²) in [7, 11) is 0. The molecule has 0 fully saturated rings. The standard InChI is InChI=1S/C10H4N2/c11-7-3-6-9-4-1-2-5-10(9)8-12/h1-2,4-5H. The number of benzene rings is 1. The van der Waals surface area contributed by atoms with E-state index in [0.29, 0.717) is 11.1 Å². The van der Waals surface area contributed by atoms with Crippen molar-refractivity contribution in [3.05, 3.63) is 35.4 Å². The molecule has 2 nitrogen and oxygen atoms in total. The zero-order valence-electron chi connectivity index (χ0n) is 6.20. The molecule has 0 aliphatic rings. The van der Waals surface area contributed by atoms with Crippen LogP contribution in [-0.4, -0.2) is 0 Å². The second-order valence-corrected chi connectivity index (χ2v) is 2.02. The summed E-state index contributed by atoms with van der Waals surface area (Å²) < 4.78 is 0. The van der Waals surface area contributed by atoms with Gasteiger partial charge in [0, 0.05) is 11.5 Å². The lowest BCUT2D eigenvalue weighted by Crippen LogP contribution is -1.80. The maximum atomic E-state index is 8.62. The van der Waals surface area contributed by atoms with Crippen LogP contribution in [0, 0.1) is 34.5 Å². The van der Waals surface area contributed by atoms with Gasteiger partial charge in [-0.15, -0.1) is 0 Å². The minimum Gasteiger partial charge on any atom is -0.192 e. The molecule has 0 saturated carbocycles. The molecular formula is C10H4N2. The van der Waals surface area contributed by atoms with Gasteiger partial charge in [0.15, 0.2) is 6.07 Å². The molecule has 0 radical (unpaired) electrons. The Labute approximate surface area is 70.7 Å². The third-order valence-corrected chi connectivity index (χ3v) is 1.30. The predicted molar refractivity (Wildman–Crippen MR) is 43.6 cm³/mol. The zero-order chi connectivity index (χ0) is 8.81. The molecule has 0 aliphatic carbocycles. The third kappa shape index (κ3) is 1.63. The van der Waals surface area contributed by atoms with E-state index in [-0.39, 0.29) is 0 Å². The normalized spacial score (nSPS) is 7.17. The fraction of sp³-hybridized carbons (Fsp3) is 0. The molecule has 0 heterocycles. The summed E-state index contributed by atoms with van der Waals surface area (Å²) >= 11 is 0. The number of nitrogens with zero attached hydrogens (tertiary/aromatic N) is 2. The summed E-state index contributed by atoms with van der Waals surface area (Å²) in [6, 6.07) is 10.6. The molecule has 0 saturated heterocycles. The Morgan fingerprint density at radius 1 is 1.00 bits per heavy atom. The van der Waals surface area contributed by atoms with E-state index in [1.54, 1.807) is 30.3 Å². The average molecular weight is 152 g/mol. The molecule has 2 heteroatoms. The molecular weight excluding hydrogens is 148 g/mol. The average Bonchev–Trinajstić information content (AvgIpc) is 2.15. The highest BCUT2D eigenvalue weighted by Gasteiger charge is 1.94. The molecule has 12 heavy (non-hydrogen) atoms. The smallest absolute Gasteiger partial charge is 0.152 e. The van der Waals surface area contributed by atoms with E-state index in [2.05, 4.69) is 11.8 Å². The van der Waals surface area contributed by atoms with Gasteiger partial charge in [0.2, 0.25) is 0 Å². The van der Waals surface area contributed by atoms with Gasteiger partial charge in [-0.2, -0.15) is 10.5 Å². The van der Waals surface area contributed by atoms with E-state index in [9.17, 15) is 0 Å². The van der Waals surface area contributed by atoms with Crippen LogP contribution in [0.2, 0.25) is 0 Å². The highest BCUT2D eigenvalue weighted by atomic mass is 14.2. The fourth-order valence-electron chi connectivity index (χ4n) is 0.785. The van der Waals surface area contributed by atoms with Crippen LogP contribution < -0.4 is 0 Å². The Kier molecular flexibility index (Phi) is 2.50. The molecule has 1 aromatic rings. The van der Waals surface area contributed by atoms with E-state index >= 15 is 0 Å². The first-order chi connectivity index (χ1) is 5.88. The summed E-state index contributed by atoms with van der Waals surface area (Å²) in [5.74, 6) is 4.82. The van der Waals surface area contributed by atoms with Crippen molar-refractivity contribution in [1.82, 2.24) is 0 Å². The van der Waals surface area contributed by atoms with Crippen molar-refractivity contribution in [3.63, 3.8) is 0 Å². The Morgan fingerprint density at radius 2 is 1.67 bits per heavy atom. The zero-order valence-corrected chi connectivity index (χ0v) is 6.20. The lowest BCUT2D eigenvalue weighted by atomic mass is 10.1. The van der Waals surface area contributed by atoms with E-state index in [1.165, 1.54) is 0 Å². The molecule has 54 valence electrons. The van der Waals surface area contributed by atoms with Crippen molar-refractivity contribution in [3.8, 4) is 24.0 Å². The predicted octanol–water partition coefficient (Wildman–Crippen LogP) is 1.43. The molecule has 1 rings (SSSR count). The quantitative estimate of drug-likeness (QED) is 0.528. The number of hydrogen-bond donors (Lipinski definition) is 0. The van der Waals surface area contributed by atoms with Crippen LogP contribution in [0.25, 0.3) is 0 Å². The number of nitriles is 2. The SMILES string of the molecule is N#CC#Cc1ccccc1C#N. The molecule has 0 N–H and O–H groups in total. The van der Waals surface area contributed by atoms with E-state index < -0.39 is 0 Å². The van der Waals surface area contributed by atoms with Crippen molar-refractivity contribution in [2.24, 2.45) is 0 Å². The topological polar surface area (TPSA) is 47.6 Å². The Morgan fingerprint density at radius 3 is 2.25 bits per heavy atom. The van der Waals surface area contributed by atoms with Crippen LogP contribution in [0.15, 0.2) is 24.3 Å². The first kappa shape index (κ1) is 7.86. The Balaban J connectivity index is 3.18. The first-order valence-electron chi connectivity index (χ1n) is 3.27. The van der Waals surface area contributed by atoms with Crippen molar-refractivity contribution >= 4 is 0 Å². The monoisotopic (exact) mass is 152 g/mol. The van der Waals surface area contributed by atoms with Gasteiger partial charge in [0.1, 0.15) is 6.07 Å². The van der Waals surface area contributed by atoms with Gasteiger partial charge >= 0.3 is 0 Å². The molecule has 0 unspecified atom stereocenters. The summed E-state index contributed by atoms with van der Waals surface area (Å²) in [4.78, 5) is 0. The minimum absolute atomic E-state index is 0.500. The van der Waals surface area contributed by atoms with Gasteiger partial charge < -0.3 is 0 Å². The largest absolute Gasteiger partial charge is 0.192 e. The molecule has 0 spiro atoms. The first-order valence-corrected chi connectivity index (χ1v) is 3.27. The van der Waals surface area contributed by atoms with Gasteiger partial charge in [0.05, 0.1) is 5.56 Å². The maximum Gasteiger partial charge on any atom is 0.152 e. The maximum absolute atomic E-state index is 8.62. The van der Waals surface area contributed by atoms with Crippen LogP contribution in [0.1, 0.15) is 11.1 Å².